The highest BCUT2D eigenvalue weighted by Crippen LogP contribution is 2.45. The van der Waals surface area contributed by atoms with E-state index in [9.17, 15) is 5.26 Å². The number of hydrogen-bond acceptors (Lipinski definition) is 1. The van der Waals surface area contributed by atoms with Gasteiger partial charge in [-0.05, 0) is 79.5 Å². The van der Waals surface area contributed by atoms with E-state index in [4.69, 9.17) is 6.57 Å². The number of nitrogens with zero attached hydrogens (tertiary/aromatic N) is 4. The summed E-state index contributed by atoms with van der Waals surface area (Å²) < 4.78 is 4.47. The summed E-state index contributed by atoms with van der Waals surface area (Å²) in [6, 6.07) is 57.8. The van der Waals surface area contributed by atoms with Crippen LogP contribution < -0.4 is 0 Å². The Balaban J connectivity index is 1.33. The van der Waals surface area contributed by atoms with Crippen LogP contribution in [0.3, 0.4) is 0 Å². The fraction of sp³-hybridized carbons (Fsp3) is 0. The summed E-state index contributed by atoms with van der Waals surface area (Å²) in [5.74, 6) is 0. The topological polar surface area (TPSA) is 38.0 Å². The maximum absolute atomic E-state index is 10.8. The van der Waals surface area contributed by atoms with Gasteiger partial charge in [-0.1, -0.05) is 121 Å². The fourth-order valence-electron chi connectivity index (χ4n) is 8.72. The van der Waals surface area contributed by atoms with Gasteiger partial charge in [0.05, 0.1) is 51.6 Å². The van der Waals surface area contributed by atoms with Crippen LogP contribution in [0.25, 0.3) is 103 Å². The standard InChI is InChI=1S/C48H26N4/c1-50-38-26-33(28-49)43(51-39-22-18-29-10-2-6-14-34(29)45(39)46-35-15-7-3-11-30(35)19-23-40(46)51)27-44(38)52-41-24-20-31-12-4-8-16-36(31)47(41)48-37-17-9-5-13-32(37)21-25-42(48)52/h2-27H. The molecule has 2 aromatic heterocycles. The molecule has 238 valence electrons. The molecule has 9 aromatic carbocycles. The molecule has 0 aliphatic carbocycles. The quantitative estimate of drug-likeness (QED) is 0.170. The highest BCUT2D eigenvalue weighted by Gasteiger charge is 2.24. The smallest absolute Gasteiger partial charge is 0.212 e. The minimum Gasteiger partial charge on any atom is -0.319 e. The van der Waals surface area contributed by atoms with Crippen molar-refractivity contribution in [3.8, 4) is 17.4 Å². The average molecular weight is 659 g/mol. The Labute approximate surface area is 298 Å². The zero-order valence-electron chi connectivity index (χ0n) is 27.8. The van der Waals surface area contributed by atoms with Gasteiger partial charge >= 0.3 is 0 Å². The van der Waals surface area contributed by atoms with Crippen molar-refractivity contribution in [2.45, 2.75) is 0 Å². The summed E-state index contributed by atoms with van der Waals surface area (Å²) in [5, 5.41) is 24.7. The molecule has 0 N–H and O–H groups in total. The fourth-order valence-corrected chi connectivity index (χ4v) is 8.72. The lowest BCUT2D eigenvalue weighted by atomic mass is 10.00. The van der Waals surface area contributed by atoms with Crippen molar-refractivity contribution in [3.63, 3.8) is 0 Å². The van der Waals surface area contributed by atoms with Crippen molar-refractivity contribution in [1.29, 1.82) is 5.26 Å². The lowest BCUT2D eigenvalue weighted by Crippen LogP contribution is -2.02. The Kier molecular flexibility index (Phi) is 5.77. The molecule has 0 bridgehead atoms. The first-order chi connectivity index (χ1) is 25.7. The molecule has 0 unspecified atom stereocenters. The number of fused-ring (bicyclic) bond motifs is 14. The van der Waals surface area contributed by atoms with Crippen LogP contribution in [-0.4, -0.2) is 9.13 Å². The molecule has 0 aliphatic rings. The Morgan fingerprint density at radius 2 is 0.769 bits per heavy atom. The summed E-state index contributed by atoms with van der Waals surface area (Å²) in [5.41, 5.74) is 6.43. The summed E-state index contributed by atoms with van der Waals surface area (Å²) in [4.78, 5) is 4.07. The number of rotatable bonds is 2. The van der Waals surface area contributed by atoms with Crippen LogP contribution >= 0.6 is 0 Å². The van der Waals surface area contributed by atoms with Crippen molar-refractivity contribution < 1.29 is 0 Å². The van der Waals surface area contributed by atoms with Crippen LogP contribution in [0.5, 0.6) is 0 Å². The van der Waals surface area contributed by atoms with Gasteiger partial charge in [0.2, 0.25) is 5.69 Å². The van der Waals surface area contributed by atoms with E-state index >= 15 is 0 Å². The lowest BCUT2D eigenvalue weighted by Gasteiger charge is -2.16. The third kappa shape index (κ3) is 3.73. The van der Waals surface area contributed by atoms with Crippen molar-refractivity contribution in [2.75, 3.05) is 0 Å². The van der Waals surface area contributed by atoms with Gasteiger partial charge < -0.3 is 9.13 Å². The van der Waals surface area contributed by atoms with Crippen LogP contribution in [0, 0.1) is 17.9 Å². The third-order valence-corrected chi connectivity index (χ3v) is 10.9. The van der Waals surface area contributed by atoms with E-state index in [1.54, 1.807) is 6.07 Å². The van der Waals surface area contributed by atoms with Gasteiger partial charge in [0, 0.05) is 21.5 Å². The molecule has 0 radical (unpaired) electrons. The first-order valence-electron chi connectivity index (χ1n) is 17.4. The van der Waals surface area contributed by atoms with Crippen LogP contribution in [0.15, 0.2) is 158 Å². The van der Waals surface area contributed by atoms with Gasteiger partial charge in [-0.2, -0.15) is 5.26 Å². The molecular formula is C48H26N4. The second-order valence-corrected chi connectivity index (χ2v) is 13.5. The van der Waals surface area contributed by atoms with E-state index < -0.39 is 0 Å². The molecular weight excluding hydrogens is 633 g/mol. The maximum Gasteiger partial charge on any atom is 0.212 e. The number of nitriles is 1. The van der Waals surface area contributed by atoms with Crippen LogP contribution in [0.2, 0.25) is 0 Å². The minimum atomic E-state index is 0.428. The van der Waals surface area contributed by atoms with E-state index in [0.29, 0.717) is 11.3 Å². The lowest BCUT2D eigenvalue weighted by molar-refractivity contribution is 1.13. The molecule has 11 rings (SSSR count). The van der Waals surface area contributed by atoms with Crippen molar-refractivity contribution in [1.82, 2.24) is 9.13 Å². The number of hydrogen-bond donors (Lipinski definition) is 0. The Morgan fingerprint density at radius 1 is 0.423 bits per heavy atom. The third-order valence-electron chi connectivity index (χ3n) is 10.9. The summed E-state index contributed by atoms with van der Waals surface area (Å²) in [6.45, 7) is 8.42. The van der Waals surface area contributed by atoms with E-state index in [0.717, 1.165) is 87.3 Å². The molecule has 11 aromatic rings. The second kappa shape index (κ2) is 10.6. The monoisotopic (exact) mass is 658 g/mol. The average Bonchev–Trinajstić information content (AvgIpc) is 3.74. The normalized spacial score (nSPS) is 11.8. The van der Waals surface area contributed by atoms with Gasteiger partial charge in [0.15, 0.2) is 0 Å². The minimum absolute atomic E-state index is 0.428. The first kappa shape index (κ1) is 28.4. The van der Waals surface area contributed by atoms with Gasteiger partial charge in [-0.25, -0.2) is 4.85 Å². The Bertz CT molecular complexity index is 3020. The first-order valence-corrected chi connectivity index (χ1v) is 17.4. The Hall–Kier alpha value is -7.40. The zero-order chi connectivity index (χ0) is 34.5. The SMILES string of the molecule is [C-]#[N+]c1cc(C#N)c(-n2c3ccc4ccccc4c3c3c4ccccc4ccc32)cc1-n1c2ccc3ccccc3c2c2c3ccccc3ccc21. The van der Waals surface area contributed by atoms with E-state index in [2.05, 4.69) is 172 Å². The molecule has 4 nitrogen and oxygen atoms in total. The summed E-state index contributed by atoms with van der Waals surface area (Å²) in [7, 11) is 0. The van der Waals surface area contributed by atoms with Gasteiger partial charge in [-0.3, -0.25) is 0 Å². The molecule has 0 saturated heterocycles. The highest BCUT2D eigenvalue weighted by molar-refractivity contribution is 6.30. The second-order valence-electron chi connectivity index (χ2n) is 13.5. The summed E-state index contributed by atoms with van der Waals surface area (Å²) in [6.07, 6.45) is 0. The maximum atomic E-state index is 10.8. The van der Waals surface area contributed by atoms with E-state index in [1.165, 1.54) is 10.8 Å². The number of aromatic nitrogens is 2. The molecule has 4 heteroatoms. The van der Waals surface area contributed by atoms with Gasteiger partial charge in [0.25, 0.3) is 0 Å². The molecule has 0 aliphatic heterocycles. The van der Waals surface area contributed by atoms with E-state index in [-0.39, 0.29) is 0 Å². The van der Waals surface area contributed by atoms with Crippen molar-refractivity contribution in [2.24, 2.45) is 0 Å². The van der Waals surface area contributed by atoms with Crippen molar-refractivity contribution >= 4 is 92.4 Å². The van der Waals surface area contributed by atoms with Crippen LogP contribution in [0.1, 0.15) is 5.56 Å². The predicted octanol–water partition coefficient (Wildman–Crippen LogP) is 12.9. The largest absolute Gasteiger partial charge is 0.319 e. The molecule has 0 fully saturated rings. The summed E-state index contributed by atoms with van der Waals surface area (Å²) >= 11 is 0. The Morgan fingerprint density at radius 3 is 1.12 bits per heavy atom. The predicted molar refractivity (Wildman–Crippen MR) is 216 cm³/mol. The molecule has 2 heterocycles. The van der Waals surface area contributed by atoms with Crippen LogP contribution in [-0.2, 0) is 0 Å². The van der Waals surface area contributed by atoms with E-state index in [1.807, 2.05) is 0 Å². The molecule has 0 spiro atoms. The van der Waals surface area contributed by atoms with Gasteiger partial charge in [0.1, 0.15) is 0 Å². The van der Waals surface area contributed by atoms with Crippen molar-refractivity contribution in [3.05, 3.63) is 175 Å². The zero-order valence-corrected chi connectivity index (χ0v) is 27.8. The molecule has 0 atom stereocenters. The molecule has 0 amide bonds. The number of benzene rings is 9. The highest BCUT2D eigenvalue weighted by atomic mass is 15.0. The van der Waals surface area contributed by atoms with Crippen LogP contribution in [0.4, 0.5) is 5.69 Å². The molecule has 0 saturated carbocycles. The molecule has 52 heavy (non-hydrogen) atoms. The van der Waals surface area contributed by atoms with Gasteiger partial charge in [-0.15, -0.1) is 0 Å².